The summed E-state index contributed by atoms with van der Waals surface area (Å²) in [7, 11) is -2.51. The summed E-state index contributed by atoms with van der Waals surface area (Å²) in [5.74, 6) is -2.02. The van der Waals surface area contributed by atoms with Crippen LogP contribution in [-0.2, 0) is 24.3 Å². The molecular weight excluding hydrogens is 274 g/mol. The molecule has 2 N–H and O–H groups in total. The number of esters is 1. The zero-order valence-corrected chi connectivity index (χ0v) is 11.8. The molecule has 0 aromatic carbocycles. The number of aliphatic carboxylic acids is 1. The van der Waals surface area contributed by atoms with Crippen LogP contribution in [0.3, 0.4) is 0 Å². The van der Waals surface area contributed by atoms with Crippen LogP contribution >= 0.6 is 0 Å². The molecule has 0 aliphatic heterocycles. The fourth-order valence-corrected chi connectivity index (χ4v) is 3.57. The van der Waals surface area contributed by atoms with Gasteiger partial charge in [-0.3, -0.25) is 9.59 Å². The van der Waals surface area contributed by atoms with Crippen molar-refractivity contribution >= 4 is 22.0 Å². The van der Waals surface area contributed by atoms with Gasteiger partial charge in [0, 0.05) is 6.04 Å². The highest BCUT2D eigenvalue weighted by molar-refractivity contribution is 7.89. The lowest BCUT2D eigenvalue weighted by molar-refractivity contribution is -0.148. The normalized spacial score (nSPS) is 27.2. The lowest BCUT2D eigenvalue weighted by Gasteiger charge is -2.27. The number of carboxylic acid groups (broad SMARTS) is 1. The molecule has 8 heteroatoms. The molecule has 2 unspecified atom stereocenters. The summed E-state index contributed by atoms with van der Waals surface area (Å²) < 4.78 is 30.4. The first-order chi connectivity index (χ1) is 8.71. The topological polar surface area (TPSA) is 110 Å². The Balaban J connectivity index is 2.68. The van der Waals surface area contributed by atoms with Gasteiger partial charge < -0.3 is 9.84 Å². The average molecular weight is 293 g/mol. The van der Waals surface area contributed by atoms with Crippen LogP contribution in [0.2, 0.25) is 0 Å². The molecule has 19 heavy (non-hydrogen) atoms. The van der Waals surface area contributed by atoms with Crippen molar-refractivity contribution < 1.29 is 27.9 Å². The van der Waals surface area contributed by atoms with Gasteiger partial charge in [-0.15, -0.1) is 0 Å². The number of hydrogen-bond donors (Lipinski definition) is 2. The molecule has 0 amide bonds. The molecule has 1 fully saturated rings. The highest BCUT2D eigenvalue weighted by Crippen LogP contribution is 2.38. The Morgan fingerprint density at radius 1 is 1.47 bits per heavy atom. The van der Waals surface area contributed by atoms with E-state index in [2.05, 4.69) is 9.46 Å². The summed E-state index contributed by atoms with van der Waals surface area (Å²) in [4.78, 5) is 22.1. The smallest absolute Gasteiger partial charge is 0.310 e. The first kappa shape index (κ1) is 15.9. The van der Waals surface area contributed by atoms with Crippen molar-refractivity contribution in [1.82, 2.24) is 4.72 Å². The van der Waals surface area contributed by atoms with Crippen LogP contribution in [0.1, 0.15) is 32.6 Å². The standard InChI is InChI=1S/C11H19NO6S/c1-11(10(14)15)6-3-4-8(11)12-19(16,17)7-5-9(13)18-2/h8,12H,3-7H2,1-2H3,(H,14,15). The zero-order valence-electron chi connectivity index (χ0n) is 11.0. The second-order valence-corrected chi connectivity index (χ2v) is 6.80. The molecule has 0 bridgehead atoms. The minimum atomic E-state index is -3.69. The number of sulfonamides is 1. The quantitative estimate of drug-likeness (QED) is 0.673. The highest BCUT2D eigenvalue weighted by Gasteiger charge is 2.46. The third-order valence-corrected chi connectivity index (χ3v) is 4.96. The fraction of sp³-hybridized carbons (Fsp3) is 0.818. The molecule has 0 heterocycles. The van der Waals surface area contributed by atoms with Gasteiger partial charge in [0.1, 0.15) is 0 Å². The minimum absolute atomic E-state index is 0.248. The summed E-state index contributed by atoms with van der Waals surface area (Å²) in [6.07, 6.45) is 1.34. The molecule has 0 aromatic heterocycles. The molecule has 7 nitrogen and oxygen atoms in total. The number of methoxy groups -OCH3 is 1. The van der Waals surface area contributed by atoms with Gasteiger partial charge in [-0.1, -0.05) is 6.42 Å². The van der Waals surface area contributed by atoms with E-state index in [9.17, 15) is 23.1 Å². The molecule has 1 aliphatic carbocycles. The Hall–Kier alpha value is -1.15. The van der Waals surface area contributed by atoms with Gasteiger partial charge in [-0.05, 0) is 19.8 Å². The lowest BCUT2D eigenvalue weighted by atomic mass is 9.85. The van der Waals surface area contributed by atoms with E-state index in [1.807, 2.05) is 0 Å². The van der Waals surface area contributed by atoms with Crippen LogP contribution < -0.4 is 4.72 Å². The van der Waals surface area contributed by atoms with Crippen molar-refractivity contribution in [2.24, 2.45) is 5.41 Å². The second-order valence-electron chi connectivity index (χ2n) is 4.93. The molecule has 2 atom stereocenters. The van der Waals surface area contributed by atoms with Crippen molar-refractivity contribution in [2.75, 3.05) is 12.9 Å². The first-order valence-corrected chi connectivity index (χ1v) is 7.67. The Kier molecular flexibility index (Phi) is 4.92. The number of carbonyl (C=O) groups is 2. The number of nitrogens with one attached hydrogen (secondary N) is 1. The Morgan fingerprint density at radius 2 is 2.11 bits per heavy atom. The summed E-state index contributed by atoms with van der Waals surface area (Å²) in [6.45, 7) is 1.54. The number of carbonyl (C=O) groups excluding carboxylic acids is 1. The number of ether oxygens (including phenoxy) is 1. The van der Waals surface area contributed by atoms with Crippen LogP contribution in [0.15, 0.2) is 0 Å². The van der Waals surface area contributed by atoms with Gasteiger partial charge in [0.2, 0.25) is 10.0 Å². The maximum atomic E-state index is 11.8. The minimum Gasteiger partial charge on any atom is -0.481 e. The van der Waals surface area contributed by atoms with E-state index in [0.29, 0.717) is 19.3 Å². The van der Waals surface area contributed by atoms with Crippen LogP contribution in [0.25, 0.3) is 0 Å². The molecule has 1 saturated carbocycles. The molecular formula is C11H19NO6S. The van der Waals surface area contributed by atoms with Gasteiger partial charge in [0.15, 0.2) is 0 Å². The van der Waals surface area contributed by atoms with Crippen LogP contribution in [-0.4, -0.2) is 44.4 Å². The van der Waals surface area contributed by atoms with Gasteiger partial charge in [-0.2, -0.15) is 0 Å². The van der Waals surface area contributed by atoms with Gasteiger partial charge in [0.25, 0.3) is 0 Å². The molecule has 1 rings (SSSR count). The third kappa shape index (κ3) is 3.90. The first-order valence-electron chi connectivity index (χ1n) is 6.01. The van der Waals surface area contributed by atoms with E-state index >= 15 is 0 Å². The van der Waals surface area contributed by atoms with E-state index in [-0.39, 0.29) is 6.42 Å². The Morgan fingerprint density at radius 3 is 2.63 bits per heavy atom. The predicted molar refractivity (Wildman–Crippen MR) is 66.9 cm³/mol. The number of carboxylic acids is 1. The fourth-order valence-electron chi connectivity index (χ4n) is 2.21. The largest absolute Gasteiger partial charge is 0.481 e. The van der Waals surface area contributed by atoms with Gasteiger partial charge >= 0.3 is 11.9 Å². The SMILES string of the molecule is COC(=O)CCS(=O)(=O)NC1CCCC1(C)C(=O)O. The van der Waals surface area contributed by atoms with E-state index in [4.69, 9.17) is 0 Å². The van der Waals surface area contributed by atoms with Crippen molar-refractivity contribution in [1.29, 1.82) is 0 Å². The Bertz CT molecular complexity index is 460. The van der Waals surface area contributed by atoms with Gasteiger partial charge in [-0.25, -0.2) is 13.1 Å². The van der Waals surface area contributed by atoms with Crippen LogP contribution in [0.4, 0.5) is 0 Å². The van der Waals surface area contributed by atoms with E-state index in [0.717, 1.165) is 0 Å². The monoisotopic (exact) mass is 293 g/mol. The van der Waals surface area contributed by atoms with E-state index < -0.39 is 39.2 Å². The van der Waals surface area contributed by atoms with Gasteiger partial charge in [0.05, 0.1) is 24.7 Å². The summed E-state index contributed by atoms with van der Waals surface area (Å²) in [5.41, 5.74) is -1.08. The Labute approximate surface area is 112 Å². The average Bonchev–Trinajstić information content (AvgIpc) is 2.69. The van der Waals surface area contributed by atoms with Crippen molar-refractivity contribution in [2.45, 2.75) is 38.6 Å². The maximum absolute atomic E-state index is 11.8. The third-order valence-electron chi connectivity index (χ3n) is 3.57. The predicted octanol–water partition coefficient (Wildman–Crippen LogP) is 0.112. The van der Waals surface area contributed by atoms with Crippen molar-refractivity contribution in [3.8, 4) is 0 Å². The zero-order chi connectivity index (χ0) is 14.7. The van der Waals surface area contributed by atoms with E-state index in [1.165, 1.54) is 14.0 Å². The van der Waals surface area contributed by atoms with Crippen LogP contribution in [0.5, 0.6) is 0 Å². The maximum Gasteiger partial charge on any atom is 0.310 e. The summed E-state index contributed by atoms with van der Waals surface area (Å²) in [5, 5.41) is 9.19. The second kappa shape index (κ2) is 5.87. The molecule has 110 valence electrons. The molecule has 1 aliphatic rings. The van der Waals surface area contributed by atoms with Crippen LogP contribution in [0, 0.1) is 5.41 Å². The lowest BCUT2D eigenvalue weighted by Crippen LogP contribution is -2.47. The number of rotatable bonds is 6. The molecule has 0 radical (unpaired) electrons. The van der Waals surface area contributed by atoms with Crippen molar-refractivity contribution in [3.05, 3.63) is 0 Å². The molecule has 0 saturated heterocycles. The number of hydrogen-bond acceptors (Lipinski definition) is 5. The van der Waals surface area contributed by atoms with Crippen molar-refractivity contribution in [3.63, 3.8) is 0 Å². The summed E-state index contributed by atoms with van der Waals surface area (Å²) >= 11 is 0. The molecule has 0 spiro atoms. The van der Waals surface area contributed by atoms with E-state index in [1.54, 1.807) is 0 Å². The highest BCUT2D eigenvalue weighted by atomic mass is 32.2. The summed E-state index contributed by atoms with van der Waals surface area (Å²) in [6, 6.07) is -0.632. The molecule has 0 aromatic rings.